The van der Waals surface area contributed by atoms with Gasteiger partial charge in [0.15, 0.2) is 0 Å². The number of halogens is 1. The molecule has 2 nitrogen and oxygen atoms in total. The summed E-state index contributed by atoms with van der Waals surface area (Å²) in [6.07, 6.45) is 4.74. The maximum Gasteiger partial charge on any atom is 0.252 e. The van der Waals surface area contributed by atoms with Crippen molar-refractivity contribution in [2.75, 3.05) is 0 Å². The molecule has 1 aliphatic rings. The monoisotopic (exact) mass is 327 g/mol. The summed E-state index contributed by atoms with van der Waals surface area (Å²) in [5, 5.41) is 3.11. The summed E-state index contributed by atoms with van der Waals surface area (Å²) in [5.41, 5.74) is 0.649. The molecule has 1 aromatic rings. The molecule has 1 unspecified atom stereocenters. The van der Waals surface area contributed by atoms with Crippen LogP contribution >= 0.6 is 28.6 Å². The number of hydrogen-bond acceptors (Lipinski definition) is 2. The van der Waals surface area contributed by atoms with Gasteiger partial charge in [-0.3, -0.25) is 4.79 Å². The number of amides is 1. The number of carbonyl (C=O) groups excluding carboxylic acids is 1. The number of hydrogen-bond donors (Lipinski definition) is 2. The Labute approximate surface area is 122 Å². The molecule has 1 atom stereocenters. The van der Waals surface area contributed by atoms with Gasteiger partial charge in [-0.15, -0.1) is 12.6 Å². The van der Waals surface area contributed by atoms with Crippen LogP contribution < -0.4 is 5.32 Å². The molecular formula is C14H18BrNOS. The number of rotatable bonds is 5. The fourth-order valence-corrected chi connectivity index (χ4v) is 2.90. The third kappa shape index (κ3) is 3.75. The fraction of sp³-hybridized carbons (Fsp3) is 0.500. The second-order valence-corrected chi connectivity index (χ2v) is 6.32. The van der Waals surface area contributed by atoms with Crippen LogP contribution in [0.5, 0.6) is 0 Å². The molecule has 18 heavy (non-hydrogen) atoms. The first kappa shape index (κ1) is 13.9. The third-order valence-corrected chi connectivity index (χ3v) is 4.21. The van der Waals surface area contributed by atoms with Crippen molar-refractivity contribution in [1.82, 2.24) is 5.32 Å². The predicted octanol–water partition coefficient (Wildman–Crippen LogP) is 4.05. The molecule has 0 saturated heterocycles. The van der Waals surface area contributed by atoms with Gasteiger partial charge in [-0.1, -0.05) is 35.7 Å². The molecule has 0 heterocycles. The highest BCUT2D eigenvalue weighted by molar-refractivity contribution is 9.10. The quantitative estimate of drug-likeness (QED) is 0.785. The van der Waals surface area contributed by atoms with Crippen molar-refractivity contribution >= 4 is 34.5 Å². The van der Waals surface area contributed by atoms with E-state index in [2.05, 4.69) is 40.8 Å². The molecule has 1 saturated carbocycles. The standard InChI is InChI=1S/C14H18BrNOS/c1-2-11(7-9-3-4-9)16-14(17)12-6-5-10(15)8-13(12)18/h5-6,8-9,11,18H,2-4,7H2,1H3,(H,16,17). The first-order valence-corrected chi connectivity index (χ1v) is 7.63. The number of thiol groups is 1. The highest BCUT2D eigenvalue weighted by Crippen LogP contribution is 2.34. The molecule has 0 aliphatic heterocycles. The lowest BCUT2D eigenvalue weighted by molar-refractivity contribution is 0.0930. The van der Waals surface area contributed by atoms with E-state index >= 15 is 0 Å². The van der Waals surface area contributed by atoms with Crippen molar-refractivity contribution in [2.24, 2.45) is 5.92 Å². The van der Waals surface area contributed by atoms with Gasteiger partial charge < -0.3 is 5.32 Å². The number of nitrogens with one attached hydrogen (secondary N) is 1. The minimum Gasteiger partial charge on any atom is -0.349 e. The largest absolute Gasteiger partial charge is 0.349 e. The van der Waals surface area contributed by atoms with Gasteiger partial charge in [0.25, 0.3) is 5.91 Å². The van der Waals surface area contributed by atoms with Crippen molar-refractivity contribution in [1.29, 1.82) is 0 Å². The summed E-state index contributed by atoms with van der Waals surface area (Å²) in [5.74, 6) is 0.815. The lowest BCUT2D eigenvalue weighted by Gasteiger charge is -2.17. The van der Waals surface area contributed by atoms with Crippen LogP contribution in [0.4, 0.5) is 0 Å². The van der Waals surface area contributed by atoms with Gasteiger partial charge in [0.1, 0.15) is 0 Å². The normalized spacial score (nSPS) is 16.4. The lowest BCUT2D eigenvalue weighted by Crippen LogP contribution is -2.34. The maximum atomic E-state index is 12.2. The van der Waals surface area contributed by atoms with Crippen LogP contribution in [0.15, 0.2) is 27.6 Å². The Morgan fingerprint density at radius 3 is 2.83 bits per heavy atom. The van der Waals surface area contributed by atoms with Gasteiger partial charge in [0.2, 0.25) is 0 Å². The minimum absolute atomic E-state index is 0.0139. The average Bonchev–Trinajstić information content (AvgIpc) is 3.11. The van der Waals surface area contributed by atoms with Crippen molar-refractivity contribution in [3.63, 3.8) is 0 Å². The average molecular weight is 328 g/mol. The van der Waals surface area contributed by atoms with Crippen molar-refractivity contribution in [3.05, 3.63) is 28.2 Å². The van der Waals surface area contributed by atoms with Crippen LogP contribution in [-0.4, -0.2) is 11.9 Å². The van der Waals surface area contributed by atoms with E-state index in [9.17, 15) is 4.79 Å². The lowest BCUT2D eigenvalue weighted by atomic mass is 10.1. The summed E-state index contributed by atoms with van der Waals surface area (Å²) < 4.78 is 0.939. The molecule has 1 N–H and O–H groups in total. The summed E-state index contributed by atoms with van der Waals surface area (Å²) >= 11 is 7.72. The zero-order chi connectivity index (χ0) is 13.1. The van der Waals surface area contributed by atoms with Crippen molar-refractivity contribution < 1.29 is 4.79 Å². The van der Waals surface area contributed by atoms with E-state index in [1.165, 1.54) is 12.8 Å². The molecule has 0 bridgehead atoms. The second kappa shape index (κ2) is 6.11. The predicted molar refractivity (Wildman–Crippen MR) is 80.3 cm³/mol. The Hall–Kier alpha value is -0.480. The Bertz CT molecular complexity index is 445. The van der Waals surface area contributed by atoms with Gasteiger partial charge in [-0.05, 0) is 37.0 Å². The third-order valence-electron chi connectivity index (χ3n) is 3.35. The van der Waals surface area contributed by atoms with Crippen LogP contribution in [0.25, 0.3) is 0 Å². The molecule has 0 aromatic heterocycles. The molecule has 98 valence electrons. The molecule has 0 spiro atoms. The minimum atomic E-state index is -0.0139. The van der Waals surface area contributed by atoms with E-state index < -0.39 is 0 Å². The highest BCUT2D eigenvalue weighted by atomic mass is 79.9. The topological polar surface area (TPSA) is 29.1 Å². The van der Waals surface area contributed by atoms with Gasteiger partial charge in [0, 0.05) is 15.4 Å². The van der Waals surface area contributed by atoms with Gasteiger partial charge >= 0.3 is 0 Å². The van der Waals surface area contributed by atoms with Crippen LogP contribution in [0.3, 0.4) is 0 Å². The Morgan fingerprint density at radius 1 is 1.56 bits per heavy atom. The SMILES string of the molecule is CCC(CC1CC1)NC(=O)c1ccc(Br)cc1S. The van der Waals surface area contributed by atoms with Gasteiger partial charge in [-0.2, -0.15) is 0 Å². The van der Waals surface area contributed by atoms with E-state index in [1.54, 1.807) is 0 Å². The van der Waals surface area contributed by atoms with E-state index in [0.29, 0.717) is 16.5 Å². The Morgan fingerprint density at radius 2 is 2.28 bits per heavy atom. The zero-order valence-electron chi connectivity index (χ0n) is 10.4. The Kier molecular flexibility index (Phi) is 4.73. The molecule has 1 fully saturated rings. The molecule has 1 amide bonds. The maximum absolute atomic E-state index is 12.2. The second-order valence-electron chi connectivity index (χ2n) is 4.92. The first-order chi connectivity index (χ1) is 8.60. The van der Waals surface area contributed by atoms with E-state index in [0.717, 1.165) is 23.2 Å². The highest BCUT2D eigenvalue weighted by Gasteiger charge is 2.25. The molecule has 4 heteroatoms. The molecule has 2 rings (SSSR count). The van der Waals surface area contributed by atoms with E-state index in [4.69, 9.17) is 0 Å². The van der Waals surface area contributed by atoms with Crippen LogP contribution in [0.2, 0.25) is 0 Å². The Balaban J connectivity index is 2.00. The van der Waals surface area contributed by atoms with Gasteiger partial charge in [-0.25, -0.2) is 0 Å². The van der Waals surface area contributed by atoms with Gasteiger partial charge in [0.05, 0.1) is 5.56 Å². The molecule has 1 aromatic carbocycles. The summed E-state index contributed by atoms with van der Waals surface area (Å²) in [6.45, 7) is 2.12. The van der Waals surface area contributed by atoms with Crippen LogP contribution in [-0.2, 0) is 0 Å². The van der Waals surface area contributed by atoms with E-state index in [1.807, 2.05) is 18.2 Å². The summed E-state index contributed by atoms with van der Waals surface area (Å²) in [7, 11) is 0. The van der Waals surface area contributed by atoms with Crippen molar-refractivity contribution in [3.8, 4) is 0 Å². The van der Waals surface area contributed by atoms with Crippen molar-refractivity contribution in [2.45, 2.75) is 43.5 Å². The smallest absolute Gasteiger partial charge is 0.252 e. The van der Waals surface area contributed by atoms with E-state index in [-0.39, 0.29) is 5.91 Å². The number of carbonyl (C=O) groups is 1. The first-order valence-electron chi connectivity index (χ1n) is 6.39. The molecule has 0 radical (unpaired) electrons. The molecular weight excluding hydrogens is 310 g/mol. The van der Waals surface area contributed by atoms with Crippen LogP contribution in [0.1, 0.15) is 43.0 Å². The fourth-order valence-electron chi connectivity index (χ4n) is 2.04. The van der Waals surface area contributed by atoms with Crippen LogP contribution in [0, 0.1) is 5.92 Å². The zero-order valence-corrected chi connectivity index (χ0v) is 12.9. The number of benzene rings is 1. The molecule has 1 aliphatic carbocycles. The summed E-state index contributed by atoms with van der Waals surface area (Å²) in [4.78, 5) is 12.9. The summed E-state index contributed by atoms with van der Waals surface area (Å²) in [6, 6.07) is 5.82.